The van der Waals surface area contributed by atoms with Gasteiger partial charge in [0.05, 0.1) is 5.69 Å². The summed E-state index contributed by atoms with van der Waals surface area (Å²) in [7, 11) is 0. The van der Waals surface area contributed by atoms with E-state index in [0.717, 1.165) is 11.8 Å². The Bertz CT molecular complexity index is 832. The van der Waals surface area contributed by atoms with Crippen molar-refractivity contribution in [3.05, 3.63) is 55.9 Å². The zero-order valence-electron chi connectivity index (χ0n) is 13.0. The summed E-state index contributed by atoms with van der Waals surface area (Å²) >= 11 is 0. The van der Waals surface area contributed by atoms with Gasteiger partial charge in [0.2, 0.25) is 10.9 Å². The molecule has 0 aliphatic carbocycles. The predicted molar refractivity (Wildman–Crippen MR) is 85.2 cm³/mol. The zero-order valence-corrected chi connectivity index (χ0v) is 13.8. The highest BCUT2D eigenvalue weighted by atomic mass is 35.5. The molecule has 0 saturated heterocycles. The summed E-state index contributed by atoms with van der Waals surface area (Å²) in [6, 6.07) is 2.28. The monoisotopic (exact) mass is 384 g/mol. The third-order valence-electron chi connectivity index (χ3n) is 2.79. The van der Waals surface area contributed by atoms with Gasteiger partial charge in [-0.3, -0.25) is 9.59 Å². The second kappa shape index (κ2) is 8.58. The largest absolute Gasteiger partial charge is 0.503 e. The van der Waals surface area contributed by atoms with Crippen LogP contribution in [0.25, 0.3) is 0 Å². The number of alkyl halides is 3. The number of pyridine rings is 2. The molecule has 0 aliphatic rings. The second-order valence-electron chi connectivity index (χ2n) is 4.89. The number of aryl methyl sites for hydroxylation is 2. The average molecular weight is 385 g/mol. The van der Waals surface area contributed by atoms with Crippen molar-refractivity contribution in [1.82, 2.24) is 9.97 Å². The molecular weight excluding hydrogens is 369 g/mol. The van der Waals surface area contributed by atoms with Crippen LogP contribution in [0.1, 0.15) is 23.2 Å². The lowest BCUT2D eigenvalue weighted by Crippen LogP contribution is -2.23. The summed E-state index contributed by atoms with van der Waals surface area (Å²) in [5.41, 5.74) is -1.38. The standard InChI is InChI=1S/C8H8F3NO3.C6H7NO2.ClH/c1-3-2-4(13)6(14)5(12-3)7(15)8(9,10)11;1-4-2-5(8)6(9)3-7-4;/h2,7,14-15H,1H3,(H,12,13);2-3,9H,1H3,(H,7,8);1H. The summed E-state index contributed by atoms with van der Waals surface area (Å²) in [6.07, 6.45) is -6.56. The highest BCUT2D eigenvalue weighted by Gasteiger charge is 2.41. The smallest absolute Gasteiger partial charge is 0.420 e. The van der Waals surface area contributed by atoms with Crippen molar-refractivity contribution in [1.29, 1.82) is 0 Å². The van der Waals surface area contributed by atoms with E-state index in [1.165, 1.54) is 19.2 Å². The normalized spacial score (nSPS) is 11.8. The maximum atomic E-state index is 12.1. The number of rotatable bonds is 1. The highest BCUT2D eigenvalue weighted by molar-refractivity contribution is 5.85. The third-order valence-corrected chi connectivity index (χ3v) is 2.79. The van der Waals surface area contributed by atoms with E-state index in [2.05, 4.69) is 9.97 Å². The van der Waals surface area contributed by atoms with Gasteiger partial charge in [0.15, 0.2) is 17.6 Å². The van der Waals surface area contributed by atoms with E-state index < -0.39 is 29.2 Å². The van der Waals surface area contributed by atoms with Crippen molar-refractivity contribution in [2.24, 2.45) is 0 Å². The number of hydrogen-bond acceptors (Lipinski definition) is 5. The van der Waals surface area contributed by atoms with Crippen LogP contribution in [0.5, 0.6) is 11.5 Å². The van der Waals surface area contributed by atoms with Gasteiger partial charge in [-0.25, -0.2) is 0 Å². The fourth-order valence-electron chi connectivity index (χ4n) is 1.63. The van der Waals surface area contributed by atoms with Crippen LogP contribution in [0.4, 0.5) is 13.2 Å². The molecule has 0 fully saturated rings. The van der Waals surface area contributed by atoms with Crippen molar-refractivity contribution >= 4 is 12.4 Å². The molecule has 0 bridgehead atoms. The lowest BCUT2D eigenvalue weighted by molar-refractivity contribution is -0.208. The van der Waals surface area contributed by atoms with Gasteiger partial charge in [-0.15, -0.1) is 12.4 Å². The van der Waals surface area contributed by atoms with E-state index in [1.54, 1.807) is 6.92 Å². The van der Waals surface area contributed by atoms with Crippen molar-refractivity contribution in [3.8, 4) is 11.5 Å². The predicted octanol–water partition coefficient (Wildman–Crippen LogP) is 1.80. The van der Waals surface area contributed by atoms with Crippen LogP contribution in [0.3, 0.4) is 0 Å². The van der Waals surface area contributed by atoms with Gasteiger partial charge in [-0.2, -0.15) is 13.2 Å². The number of hydrogen-bond donors (Lipinski definition) is 5. The molecule has 2 rings (SSSR count). The van der Waals surface area contributed by atoms with Crippen LogP contribution in [0, 0.1) is 13.8 Å². The Morgan fingerprint density at radius 2 is 1.56 bits per heavy atom. The number of aliphatic hydroxyl groups excluding tert-OH is 1. The fraction of sp³-hybridized carbons (Fsp3) is 0.286. The third kappa shape index (κ3) is 6.16. The van der Waals surface area contributed by atoms with E-state index in [9.17, 15) is 22.8 Å². The van der Waals surface area contributed by atoms with Crippen LogP contribution in [-0.2, 0) is 0 Å². The minimum absolute atomic E-state index is 0. The van der Waals surface area contributed by atoms with Gasteiger partial charge >= 0.3 is 6.18 Å². The molecule has 0 amide bonds. The molecule has 0 aliphatic heterocycles. The number of H-pyrrole nitrogens is 2. The fourth-order valence-corrected chi connectivity index (χ4v) is 1.63. The summed E-state index contributed by atoms with van der Waals surface area (Å²) in [5.74, 6) is -1.36. The lowest BCUT2D eigenvalue weighted by Gasteiger charge is -2.15. The first-order chi connectivity index (χ1) is 10.9. The number of nitrogens with one attached hydrogen (secondary N) is 2. The van der Waals surface area contributed by atoms with Gasteiger partial charge in [0.1, 0.15) is 0 Å². The molecule has 5 N–H and O–H groups in total. The van der Waals surface area contributed by atoms with Crippen LogP contribution in [0.15, 0.2) is 27.9 Å². The van der Waals surface area contributed by atoms with Crippen molar-refractivity contribution < 1.29 is 28.5 Å². The molecule has 2 heterocycles. The number of aliphatic hydroxyl groups is 1. The molecule has 2 aromatic heterocycles. The molecule has 0 saturated carbocycles. The SMILES string of the molecule is Cc1cc(=O)c(O)c(C(O)C(F)(F)F)[nH]1.Cc1cc(=O)c(O)c[nH]1.Cl. The number of halogens is 4. The van der Waals surface area contributed by atoms with E-state index in [0.29, 0.717) is 0 Å². The van der Waals surface area contributed by atoms with Crippen molar-refractivity contribution in [2.75, 3.05) is 0 Å². The lowest BCUT2D eigenvalue weighted by atomic mass is 10.2. The molecule has 1 atom stereocenters. The Hall–Kier alpha value is -2.46. The Labute approximate surface area is 145 Å². The van der Waals surface area contributed by atoms with Crippen LogP contribution < -0.4 is 10.9 Å². The first-order valence-corrected chi connectivity index (χ1v) is 6.49. The zero-order chi connectivity index (χ0) is 18.7. The summed E-state index contributed by atoms with van der Waals surface area (Å²) in [6.45, 7) is 3.09. The van der Waals surface area contributed by atoms with Gasteiger partial charge in [-0.1, -0.05) is 0 Å². The Balaban J connectivity index is 0.000000495. The molecule has 0 spiro atoms. The maximum absolute atomic E-state index is 12.1. The minimum Gasteiger partial charge on any atom is -0.503 e. The van der Waals surface area contributed by atoms with E-state index in [4.69, 9.17) is 15.3 Å². The molecule has 11 heteroatoms. The molecule has 1 unspecified atom stereocenters. The average Bonchev–Trinajstić information content (AvgIpc) is 2.46. The van der Waals surface area contributed by atoms with Crippen molar-refractivity contribution in [2.45, 2.75) is 26.1 Å². The van der Waals surface area contributed by atoms with Gasteiger partial charge < -0.3 is 25.3 Å². The van der Waals surface area contributed by atoms with E-state index in [-0.39, 0.29) is 29.3 Å². The quantitative estimate of drug-likeness (QED) is 0.512. The molecule has 2 aromatic rings. The van der Waals surface area contributed by atoms with Gasteiger partial charge in [0.25, 0.3) is 0 Å². The van der Waals surface area contributed by atoms with E-state index in [1.807, 2.05) is 0 Å². The molecule has 25 heavy (non-hydrogen) atoms. The number of aromatic hydroxyl groups is 2. The molecular formula is C14H16ClF3N2O5. The molecule has 7 nitrogen and oxygen atoms in total. The number of aromatic nitrogens is 2. The molecule has 0 radical (unpaired) electrons. The van der Waals surface area contributed by atoms with Crippen LogP contribution in [-0.4, -0.2) is 31.5 Å². The molecule has 140 valence electrons. The summed E-state index contributed by atoms with van der Waals surface area (Å²) in [5, 5.41) is 26.6. The maximum Gasteiger partial charge on any atom is 0.420 e. The first kappa shape index (κ1) is 22.5. The van der Waals surface area contributed by atoms with Crippen LogP contribution in [0.2, 0.25) is 0 Å². The Morgan fingerprint density at radius 3 is 2.00 bits per heavy atom. The minimum atomic E-state index is -4.94. The van der Waals surface area contributed by atoms with Crippen molar-refractivity contribution in [3.63, 3.8) is 0 Å². The Kier molecular flexibility index (Phi) is 7.74. The second-order valence-corrected chi connectivity index (χ2v) is 4.89. The van der Waals surface area contributed by atoms with E-state index >= 15 is 0 Å². The molecule has 0 aromatic carbocycles. The highest BCUT2D eigenvalue weighted by Crippen LogP contribution is 2.34. The Morgan fingerprint density at radius 1 is 1.04 bits per heavy atom. The van der Waals surface area contributed by atoms with Crippen LogP contribution >= 0.6 is 12.4 Å². The summed E-state index contributed by atoms with van der Waals surface area (Å²) in [4.78, 5) is 26.3. The first-order valence-electron chi connectivity index (χ1n) is 6.49. The topological polar surface area (TPSA) is 126 Å². The van der Waals surface area contributed by atoms with Gasteiger partial charge in [-0.05, 0) is 13.8 Å². The summed E-state index contributed by atoms with van der Waals surface area (Å²) < 4.78 is 36.3. The number of aromatic amines is 2. The van der Waals surface area contributed by atoms with Gasteiger partial charge in [0, 0.05) is 29.7 Å².